The van der Waals surface area contributed by atoms with E-state index in [1.807, 2.05) is 44.1 Å². The van der Waals surface area contributed by atoms with E-state index in [0.29, 0.717) is 35.7 Å². The molecule has 0 N–H and O–H groups in total. The largest absolute Gasteiger partial charge is 0.493 e. The number of carbonyl (C=O) groups is 1. The molecule has 0 amide bonds. The van der Waals surface area contributed by atoms with Crippen LogP contribution in [0.3, 0.4) is 0 Å². The Hall–Kier alpha value is -2.53. The van der Waals surface area contributed by atoms with E-state index in [1.165, 1.54) is 0 Å². The highest BCUT2D eigenvalue weighted by Crippen LogP contribution is 2.40. The third-order valence-electron chi connectivity index (χ3n) is 5.13. The summed E-state index contributed by atoms with van der Waals surface area (Å²) in [5.41, 5.74) is 0.983. The molecule has 0 aliphatic heterocycles. The first-order valence-corrected chi connectivity index (χ1v) is 8.99. The van der Waals surface area contributed by atoms with Crippen molar-refractivity contribution in [1.29, 1.82) is 0 Å². The van der Waals surface area contributed by atoms with Gasteiger partial charge in [-0.05, 0) is 44.6 Å². The Morgan fingerprint density at radius 2 is 1.52 bits per heavy atom. The third kappa shape index (κ3) is 4.08. The number of likely N-dealkylation sites (N-methyl/N-ethyl adjacent to an activating group) is 1. The summed E-state index contributed by atoms with van der Waals surface area (Å²) in [6.07, 6.45) is 1.29. The highest BCUT2D eigenvalue weighted by molar-refractivity contribution is 6.04. The predicted molar refractivity (Wildman–Crippen MR) is 107 cm³/mol. The number of Topliss-reactive ketones (excluding diaryl/α,β-unsaturated/α-hetero) is 1. The second-order valence-electron chi connectivity index (χ2n) is 6.69. The number of carbonyl (C=O) groups excluding carboxylic acids is 1. The molecule has 0 radical (unpaired) electrons. The standard InChI is InChI=1S/C22H29NO4/c1-7-22(23(2)3,15-16-11-9-8-10-12-16)21(24)17-13-18(25-4)20(27-6)19(14-17)26-5/h8-14H,7,15H2,1-6H3. The molecule has 0 aliphatic rings. The monoisotopic (exact) mass is 371 g/mol. The van der Waals surface area contributed by atoms with Crippen molar-refractivity contribution in [1.82, 2.24) is 4.90 Å². The van der Waals surface area contributed by atoms with Gasteiger partial charge in [0, 0.05) is 5.56 Å². The third-order valence-corrected chi connectivity index (χ3v) is 5.13. The summed E-state index contributed by atoms with van der Waals surface area (Å²) in [6.45, 7) is 2.04. The second kappa shape index (κ2) is 8.91. The van der Waals surface area contributed by atoms with Gasteiger partial charge < -0.3 is 14.2 Å². The van der Waals surface area contributed by atoms with E-state index in [9.17, 15) is 4.79 Å². The number of hydrogen-bond donors (Lipinski definition) is 0. The van der Waals surface area contributed by atoms with Crippen LogP contribution in [-0.4, -0.2) is 51.6 Å². The fraction of sp³-hybridized carbons (Fsp3) is 0.409. The van der Waals surface area contributed by atoms with Gasteiger partial charge in [0.2, 0.25) is 5.75 Å². The van der Waals surface area contributed by atoms with Crippen molar-refractivity contribution in [2.24, 2.45) is 0 Å². The summed E-state index contributed by atoms with van der Waals surface area (Å²) in [4.78, 5) is 15.7. The van der Waals surface area contributed by atoms with E-state index < -0.39 is 5.54 Å². The number of nitrogens with zero attached hydrogens (tertiary/aromatic N) is 1. The van der Waals surface area contributed by atoms with E-state index in [-0.39, 0.29) is 5.78 Å². The van der Waals surface area contributed by atoms with Crippen molar-refractivity contribution >= 4 is 5.78 Å². The van der Waals surface area contributed by atoms with Gasteiger partial charge in [0.05, 0.1) is 26.9 Å². The first-order chi connectivity index (χ1) is 12.9. The van der Waals surface area contributed by atoms with Gasteiger partial charge in [0.25, 0.3) is 0 Å². The van der Waals surface area contributed by atoms with Crippen molar-refractivity contribution in [2.45, 2.75) is 25.3 Å². The Kier molecular flexibility index (Phi) is 6.86. The molecule has 5 nitrogen and oxygen atoms in total. The summed E-state index contributed by atoms with van der Waals surface area (Å²) >= 11 is 0. The molecule has 0 bridgehead atoms. The molecular formula is C22H29NO4. The fourth-order valence-electron chi connectivity index (χ4n) is 3.46. The lowest BCUT2D eigenvalue weighted by atomic mass is 9.80. The minimum atomic E-state index is -0.675. The van der Waals surface area contributed by atoms with E-state index in [2.05, 4.69) is 12.1 Å². The number of methoxy groups -OCH3 is 3. The van der Waals surface area contributed by atoms with E-state index >= 15 is 0 Å². The van der Waals surface area contributed by atoms with Crippen LogP contribution in [0.15, 0.2) is 42.5 Å². The van der Waals surface area contributed by atoms with Gasteiger partial charge in [0.1, 0.15) is 0 Å². The molecule has 0 aromatic heterocycles. The maximum Gasteiger partial charge on any atom is 0.203 e. The molecular weight excluding hydrogens is 342 g/mol. The SMILES string of the molecule is CCC(Cc1ccccc1)(C(=O)c1cc(OC)c(OC)c(OC)c1)N(C)C. The highest BCUT2D eigenvalue weighted by Gasteiger charge is 2.40. The Morgan fingerprint density at radius 1 is 0.963 bits per heavy atom. The lowest BCUT2D eigenvalue weighted by molar-refractivity contribution is 0.0665. The molecule has 0 fully saturated rings. The number of ether oxygens (including phenoxy) is 3. The molecule has 27 heavy (non-hydrogen) atoms. The van der Waals surface area contributed by atoms with Crippen molar-refractivity contribution in [2.75, 3.05) is 35.4 Å². The van der Waals surface area contributed by atoms with Crippen molar-refractivity contribution in [3.8, 4) is 17.2 Å². The van der Waals surface area contributed by atoms with E-state index in [0.717, 1.165) is 5.56 Å². The Morgan fingerprint density at radius 3 is 1.93 bits per heavy atom. The Labute approximate surface area is 161 Å². The van der Waals surface area contributed by atoms with Crippen LogP contribution in [0.25, 0.3) is 0 Å². The highest BCUT2D eigenvalue weighted by atomic mass is 16.5. The van der Waals surface area contributed by atoms with Gasteiger partial charge >= 0.3 is 0 Å². The summed E-state index contributed by atoms with van der Waals surface area (Å²) in [6, 6.07) is 13.5. The Bertz CT molecular complexity index is 748. The van der Waals surface area contributed by atoms with Crippen LogP contribution in [0.5, 0.6) is 17.2 Å². The number of benzene rings is 2. The van der Waals surface area contributed by atoms with Crippen molar-refractivity contribution in [3.63, 3.8) is 0 Å². The minimum Gasteiger partial charge on any atom is -0.493 e. The van der Waals surface area contributed by atoms with E-state index in [4.69, 9.17) is 14.2 Å². The van der Waals surface area contributed by atoms with Gasteiger partial charge in [-0.1, -0.05) is 37.3 Å². The van der Waals surface area contributed by atoms with Crippen LogP contribution in [0, 0.1) is 0 Å². The number of ketones is 1. The van der Waals surface area contributed by atoms with E-state index in [1.54, 1.807) is 33.5 Å². The molecule has 0 saturated heterocycles. The van der Waals surface area contributed by atoms with Gasteiger partial charge in [-0.25, -0.2) is 0 Å². The maximum atomic E-state index is 13.7. The van der Waals surface area contributed by atoms with Gasteiger partial charge in [0.15, 0.2) is 17.3 Å². The zero-order valence-electron chi connectivity index (χ0n) is 17.0. The van der Waals surface area contributed by atoms with Crippen LogP contribution < -0.4 is 14.2 Å². The lowest BCUT2D eigenvalue weighted by Crippen LogP contribution is -2.52. The van der Waals surface area contributed by atoms with Crippen molar-refractivity contribution in [3.05, 3.63) is 53.6 Å². The van der Waals surface area contributed by atoms with Crippen LogP contribution in [0.1, 0.15) is 29.3 Å². The zero-order valence-corrected chi connectivity index (χ0v) is 17.0. The first kappa shape index (κ1) is 20.8. The lowest BCUT2D eigenvalue weighted by Gasteiger charge is -2.38. The summed E-state index contributed by atoms with van der Waals surface area (Å²) in [5.74, 6) is 1.46. The molecule has 2 aromatic rings. The second-order valence-corrected chi connectivity index (χ2v) is 6.69. The van der Waals surface area contributed by atoms with Crippen molar-refractivity contribution < 1.29 is 19.0 Å². The fourth-order valence-corrected chi connectivity index (χ4v) is 3.46. The van der Waals surface area contributed by atoms with Gasteiger partial charge in [-0.15, -0.1) is 0 Å². The first-order valence-electron chi connectivity index (χ1n) is 8.99. The molecule has 0 heterocycles. The van der Waals surface area contributed by atoms with Crippen LogP contribution in [0.4, 0.5) is 0 Å². The molecule has 0 saturated carbocycles. The molecule has 1 atom stereocenters. The normalized spacial score (nSPS) is 13.1. The zero-order chi connectivity index (χ0) is 20.0. The number of hydrogen-bond acceptors (Lipinski definition) is 5. The maximum absolute atomic E-state index is 13.7. The average molecular weight is 371 g/mol. The minimum absolute atomic E-state index is 0.0260. The predicted octanol–water partition coefficient (Wildman–Crippen LogP) is 3.85. The number of rotatable bonds is 9. The Balaban J connectivity index is 2.55. The van der Waals surface area contributed by atoms with Gasteiger partial charge in [-0.3, -0.25) is 9.69 Å². The summed E-state index contributed by atoms with van der Waals surface area (Å²) < 4.78 is 16.2. The molecule has 5 heteroatoms. The average Bonchev–Trinajstić information content (AvgIpc) is 2.70. The van der Waals surface area contributed by atoms with Gasteiger partial charge in [-0.2, -0.15) is 0 Å². The molecule has 2 rings (SSSR count). The molecule has 0 aliphatic carbocycles. The quantitative estimate of drug-likeness (QED) is 0.627. The molecule has 2 aromatic carbocycles. The smallest absolute Gasteiger partial charge is 0.203 e. The summed E-state index contributed by atoms with van der Waals surface area (Å²) in [5, 5.41) is 0. The van der Waals surface area contributed by atoms with Crippen LogP contribution in [-0.2, 0) is 6.42 Å². The summed E-state index contributed by atoms with van der Waals surface area (Å²) in [7, 11) is 8.54. The molecule has 146 valence electrons. The topological polar surface area (TPSA) is 48.0 Å². The molecule has 0 spiro atoms. The van der Waals surface area contributed by atoms with Crippen LogP contribution in [0.2, 0.25) is 0 Å². The molecule has 1 unspecified atom stereocenters. The van der Waals surface area contributed by atoms with Crippen LogP contribution >= 0.6 is 0 Å².